The second-order valence-electron chi connectivity index (χ2n) is 6.89. The minimum Gasteiger partial charge on any atom is -0.497 e. The average molecular weight is 398 g/mol. The third kappa shape index (κ3) is 3.30. The first-order chi connectivity index (χ1) is 14.2. The molecule has 5 rings (SSSR count). The van der Waals surface area contributed by atoms with Crippen LogP contribution in [-0.4, -0.2) is 18.0 Å². The van der Waals surface area contributed by atoms with Crippen LogP contribution in [0.5, 0.6) is 5.75 Å². The molecule has 1 aliphatic carbocycles. The van der Waals surface area contributed by atoms with Gasteiger partial charge in [0.25, 0.3) is 5.91 Å². The molecule has 1 heterocycles. The molecule has 29 heavy (non-hydrogen) atoms. The smallest absolute Gasteiger partial charge is 0.257 e. The minimum absolute atomic E-state index is 0.146. The van der Waals surface area contributed by atoms with Crippen LogP contribution in [0.2, 0.25) is 0 Å². The van der Waals surface area contributed by atoms with Crippen LogP contribution < -0.4 is 10.1 Å². The summed E-state index contributed by atoms with van der Waals surface area (Å²) in [5.74, 6) is 0.707. The van der Waals surface area contributed by atoms with Crippen molar-refractivity contribution in [1.29, 1.82) is 0 Å². The predicted molar refractivity (Wildman–Crippen MR) is 117 cm³/mol. The number of carbonyl (C=O) groups is 1. The van der Waals surface area contributed by atoms with Gasteiger partial charge in [0.1, 0.15) is 5.75 Å². The van der Waals surface area contributed by atoms with Crippen LogP contribution in [0.25, 0.3) is 22.4 Å². The van der Waals surface area contributed by atoms with E-state index < -0.39 is 0 Å². The second kappa shape index (κ2) is 7.18. The van der Waals surface area contributed by atoms with Crippen molar-refractivity contribution >= 4 is 22.4 Å². The number of fused-ring (bicyclic) bond motifs is 3. The highest BCUT2D eigenvalue weighted by atomic mass is 32.1. The lowest BCUT2D eigenvalue weighted by atomic mass is 10.0. The van der Waals surface area contributed by atoms with E-state index in [4.69, 9.17) is 4.74 Å². The summed E-state index contributed by atoms with van der Waals surface area (Å²) in [6.45, 7) is 0. The van der Waals surface area contributed by atoms with Crippen molar-refractivity contribution in [1.82, 2.24) is 4.98 Å². The SMILES string of the molecule is COc1ccc2c(c1)Cc1sc(NC(=O)c3ccc(-c4ccccc4)cc3)nc1-2. The number of benzene rings is 3. The minimum atomic E-state index is -0.146. The number of hydrogen-bond donors (Lipinski definition) is 1. The van der Waals surface area contributed by atoms with Crippen molar-refractivity contribution in [3.63, 3.8) is 0 Å². The van der Waals surface area contributed by atoms with Crippen molar-refractivity contribution in [3.05, 3.63) is 88.8 Å². The maximum Gasteiger partial charge on any atom is 0.257 e. The van der Waals surface area contributed by atoms with Crippen molar-refractivity contribution in [2.24, 2.45) is 0 Å². The number of nitrogens with zero attached hydrogens (tertiary/aromatic N) is 1. The summed E-state index contributed by atoms with van der Waals surface area (Å²) in [4.78, 5) is 18.5. The Labute approximate surface area is 172 Å². The molecule has 4 nitrogen and oxygen atoms in total. The van der Waals surface area contributed by atoms with Crippen LogP contribution in [0.3, 0.4) is 0 Å². The lowest BCUT2D eigenvalue weighted by Crippen LogP contribution is -2.11. The van der Waals surface area contributed by atoms with Crippen LogP contribution >= 0.6 is 11.3 Å². The van der Waals surface area contributed by atoms with Gasteiger partial charge in [-0.25, -0.2) is 4.98 Å². The number of thiazole rings is 1. The molecule has 1 aliphatic rings. The van der Waals surface area contributed by atoms with Crippen molar-refractivity contribution in [2.45, 2.75) is 6.42 Å². The topological polar surface area (TPSA) is 51.2 Å². The van der Waals surface area contributed by atoms with E-state index in [0.29, 0.717) is 10.7 Å². The van der Waals surface area contributed by atoms with Gasteiger partial charge < -0.3 is 4.74 Å². The third-order valence-electron chi connectivity index (χ3n) is 5.09. The van der Waals surface area contributed by atoms with Crippen LogP contribution in [0.15, 0.2) is 72.8 Å². The molecular formula is C24H18N2O2S. The van der Waals surface area contributed by atoms with E-state index in [2.05, 4.69) is 28.5 Å². The molecule has 0 saturated heterocycles. The zero-order valence-corrected chi connectivity index (χ0v) is 16.6. The van der Waals surface area contributed by atoms with Crippen LogP contribution in [-0.2, 0) is 6.42 Å². The maximum atomic E-state index is 12.7. The standard InChI is InChI=1S/C24H18N2O2S/c1-28-19-11-12-20-18(13-19)14-21-22(20)25-24(29-21)26-23(27)17-9-7-16(8-10-17)15-5-3-2-4-6-15/h2-13H,14H2,1H3,(H,25,26,27). The van der Waals surface area contributed by atoms with E-state index in [1.807, 2.05) is 54.6 Å². The van der Waals surface area contributed by atoms with Crippen molar-refractivity contribution in [3.8, 4) is 28.1 Å². The molecule has 0 atom stereocenters. The lowest BCUT2D eigenvalue weighted by molar-refractivity contribution is 0.102. The first-order valence-corrected chi connectivity index (χ1v) is 10.2. The van der Waals surface area contributed by atoms with E-state index in [9.17, 15) is 4.79 Å². The number of hydrogen-bond acceptors (Lipinski definition) is 4. The molecule has 1 N–H and O–H groups in total. The molecule has 0 spiro atoms. The molecule has 142 valence electrons. The summed E-state index contributed by atoms with van der Waals surface area (Å²) in [5, 5.41) is 3.58. The average Bonchev–Trinajstić information content (AvgIpc) is 3.31. The highest BCUT2D eigenvalue weighted by Gasteiger charge is 2.24. The van der Waals surface area contributed by atoms with Gasteiger partial charge in [0.15, 0.2) is 5.13 Å². The Morgan fingerprint density at radius 1 is 1.00 bits per heavy atom. The normalized spacial score (nSPS) is 11.6. The Kier molecular flexibility index (Phi) is 4.37. The molecule has 1 aromatic heterocycles. The summed E-state index contributed by atoms with van der Waals surface area (Å²) in [6.07, 6.45) is 0.821. The molecule has 1 amide bonds. The highest BCUT2D eigenvalue weighted by molar-refractivity contribution is 7.16. The third-order valence-corrected chi connectivity index (χ3v) is 6.06. The van der Waals surface area contributed by atoms with Crippen LogP contribution in [0, 0.1) is 0 Å². The number of rotatable bonds is 4. The molecule has 0 bridgehead atoms. The quantitative estimate of drug-likeness (QED) is 0.426. The monoisotopic (exact) mass is 398 g/mol. The van der Waals surface area contributed by atoms with E-state index in [-0.39, 0.29) is 5.91 Å². The van der Waals surface area contributed by atoms with E-state index in [1.54, 1.807) is 7.11 Å². The number of aromatic nitrogens is 1. The second-order valence-corrected chi connectivity index (χ2v) is 7.97. The van der Waals surface area contributed by atoms with E-state index in [1.165, 1.54) is 21.8 Å². The highest BCUT2D eigenvalue weighted by Crippen LogP contribution is 2.42. The first kappa shape index (κ1) is 17.6. The largest absolute Gasteiger partial charge is 0.497 e. The van der Waals surface area contributed by atoms with Crippen molar-refractivity contribution < 1.29 is 9.53 Å². The van der Waals surface area contributed by atoms with Gasteiger partial charge in [0.05, 0.1) is 12.8 Å². The number of anilines is 1. The van der Waals surface area contributed by atoms with Crippen LogP contribution in [0.1, 0.15) is 20.8 Å². The molecule has 0 fully saturated rings. The van der Waals surface area contributed by atoms with Gasteiger partial charge in [0, 0.05) is 22.4 Å². The Balaban J connectivity index is 1.33. The molecule has 0 saturated carbocycles. The van der Waals surface area contributed by atoms with Gasteiger partial charge in [0.2, 0.25) is 0 Å². The zero-order chi connectivity index (χ0) is 19.8. The van der Waals surface area contributed by atoms with Crippen LogP contribution in [0.4, 0.5) is 5.13 Å². The summed E-state index contributed by atoms with van der Waals surface area (Å²) in [6, 6.07) is 23.8. The molecule has 3 aromatic carbocycles. The summed E-state index contributed by atoms with van der Waals surface area (Å²) < 4.78 is 5.30. The van der Waals surface area contributed by atoms with Gasteiger partial charge in [-0.05, 0) is 47.0 Å². The maximum absolute atomic E-state index is 12.7. The Morgan fingerprint density at radius 3 is 2.52 bits per heavy atom. The molecule has 5 heteroatoms. The van der Waals surface area contributed by atoms with Gasteiger partial charge in [-0.1, -0.05) is 42.5 Å². The summed E-state index contributed by atoms with van der Waals surface area (Å²) >= 11 is 1.53. The number of methoxy groups -OCH3 is 1. The number of ether oxygens (including phenoxy) is 1. The fraction of sp³-hybridized carbons (Fsp3) is 0.0833. The molecule has 0 unspecified atom stereocenters. The Hall–Kier alpha value is -3.44. The Morgan fingerprint density at radius 2 is 1.76 bits per heavy atom. The van der Waals surface area contributed by atoms with E-state index >= 15 is 0 Å². The number of amides is 1. The van der Waals surface area contributed by atoms with Gasteiger partial charge >= 0.3 is 0 Å². The van der Waals surface area contributed by atoms with E-state index in [0.717, 1.165) is 34.6 Å². The lowest BCUT2D eigenvalue weighted by Gasteiger charge is -2.05. The zero-order valence-electron chi connectivity index (χ0n) is 15.8. The predicted octanol–water partition coefficient (Wildman–Crippen LogP) is 5.64. The molecule has 0 radical (unpaired) electrons. The van der Waals surface area contributed by atoms with Crippen molar-refractivity contribution in [2.75, 3.05) is 12.4 Å². The summed E-state index contributed by atoms with van der Waals surface area (Å²) in [7, 11) is 1.67. The first-order valence-electron chi connectivity index (χ1n) is 9.35. The Bertz CT molecular complexity index is 1200. The van der Waals surface area contributed by atoms with Gasteiger partial charge in [-0.3, -0.25) is 10.1 Å². The summed E-state index contributed by atoms with van der Waals surface area (Å²) in [5.41, 5.74) is 6.12. The molecule has 0 aliphatic heterocycles. The van der Waals surface area contributed by atoms with Gasteiger partial charge in [-0.15, -0.1) is 11.3 Å². The fourth-order valence-electron chi connectivity index (χ4n) is 3.60. The number of carbonyl (C=O) groups excluding carboxylic acids is 1. The molecular weight excluding hydrogens is 380 g/mol. The molecule has 4 aromatic rings. The number of nitrogens with one attached hydrogen (secondary N) is 1. The fourth-order valence-corrected chi connectivity index (χ4v) is 4.59. The van der Waals surface area contributed by atoms with Gasteiger partial charge in [-0.2, -0.15) is 0 Å².